The third kappa shape index (κ3) is 8.39. The molecule has 0 aliphatic carbocycles. The molecule has 0 aromatic heterocycles. The lowest BCUT2D eigenvalue weighted by molar-refractivity contribution is 0.154. The topological polar surface area (TPSA) is 34.2 Å². The Hall–Kier alpha value is 0.668. The Kier molecular flexibility index (Phi) is 9.78. The van der Waals surface area contributed by atoms with E-state index in [-0.39, 0.29) is 20.0 Å². The molecule has 9 heteroatoms. The van der Waals surface area contributed by atoms with Gasteiger partial charge >= 0.3 is 20.0 Å². The molecule has 0 aromatic carbocycles. The third-order valence-corrected chi connectivity index (χ3v) is 5.06. The van der Waals surface area contributed by atoms with Crippen molar-refractivity contribution in [2.24, 2.45) is 0 Å². The van der Waals surface area contributed by atoms with Crippen LogP contribution in [0, 0.1) is 0 Å². The van der Waals surface area contributed by atoms with Crippen molar-refractivity contribution < 1.29 is 12.3 Å². The van der Waals surface area contributed by atoms with Crippen LogP contribution in [0.15, 0.2) is 0 Å². The summed E-state index contributed by atoms with van der Waals surface area (Å²) < 4.78 is 15.0. The van der Waals surface area contributed by atoms with E-state index in [1.807, 2.05) is 0 Å². The van der Waals surface area contributed by atoms with Crippen LogP contribution in [0.4, 0.5) is 0 Å². The summed E-state index contributed by atoms with van der Waals surface area (Å²) in [5.41, 5.74) is 0. The SMILES string of the molecule is CN1CCN(CCC[Si]O[Si]O[Si]O[Si])CC1. The van der Waals surface area contributed by atoms with Crippen molar-refractivity contribution in [3.63, 3.8) is 0 Å². The maximum absolute atomic E-state index is 5.35. The van der Waals surface area contributed by atoms with Gasteiger partial charge in [0.2, 0.25) is 20.2 Å². The Balaban J connectivity index is 1.81. The summed E-state index contributed by atoms with van der Waals surface area (Å²) in [5, 5.41) is 0. The minimum Gasteiger partial charge on any atom is -0.435 e. The maximum Gasteiger partial charge on any atom is 0.411 e. The highest BCUT2D eigenvalue weighted by molar-refractivity contribution is 6.44. The second-order valence-corrected chi connectivity index (χ2v) is 7.44. The molecule has 93 valence electrons. The molecule has 0 N–H and O–H groups in total. The molecule has 0 saturated carbocycles. The molecular weight excluding hydrogens is 284 g/mol. The quantitative estimate of drug-likeness (QED) is 0.397. The van der Waals surface area contributed by atoms with E-state index in [0.717, 1.165) is 6.04 Å². The zero-order chi connectivity index (χ0) is 12.3. The van der Waals surface area contributed by atoms with Crippen LogP contribution in [-0.4, -0.2) is 89.8 Å². The molecule has 9 radical (unpaired) electrons. The van der Waals surface area contributed by atoms with Gasteiger partial charge in [0.15, 0.2) is 0 Å². The number of piperazine rings is 1. The highest BCUT2D eigenvalue weighted by Gasteiger charge is 2.12. The molecule has 0 amide bonds. The summed E-state index contributed by atoms with van der Waals surface area (Å²) in [7, 11) is 5.72. The van der Waals surface area contributed by atoms with Gasteiger partial charge in [-0.2, -0.15) is 0 Å². The van der Waals surface area contributed by atoms with E-state index < -0.39 is 0 Å². The van der Waals surface area contributed by atoms with Crippen molar-refractivity contribution in [2.75, 3.05) is 39.8 Å². The standard InChI is InChI=1S/C8H17N2O3Si4/c1-9-4-6-10(7-5-9)3-2-8-15-12-17-13-16-11-14/h2-8H2,1H3. The van der Waals surface area contributed by atoms with E-state index in [1.165, 1.54) is 39.1 Å². The Morgan fingerprint density at radius 3 is 2.59 bits per heavy atom. The van der Waals surface area contributed by atoms with E-state index in [1.54, 1.807) is 0 Å². The van der Waals surface area contributed by atoms with Gasteiger partial charge in [-0.3, -0.25) is 0 Å². The lowest BCUT2D eigenvalue weighted by Gasteiger charge is -2.32. The molecule has 0 unspecified atom stereocenters. The van der Waals surface area contributed by atoms with Gasteiger partial charge in [0.1, 0.15) is 0 Å². The molecule has 0 spiro atoms. The minimum absolute atomic E-state index is 0.0205. The Bertz CT molecular complexity index is 184. The van der Waals surface area contributed by atoms with E-state index in [9.17, 15) is 0 Å². The van der Waals surface area contributed by atoms with Crippen LogP contribution < -0.4 is 0 Å². The minimum atomic E-state index is 0.0205. The smallest absolute Gasteiger partial charge is 0.411 e. The van der Waals surface area contributed by atoms with Crippen molar-refractivity contribution in [3.8, 4) is 0 Å². The molecule has 1 aliphatic heterocycles. The predicted octanol–water partition coefficient (Wildman–Crippen LogP) is -1.14. The number of likely N-dealkylation sites (N-methyl/N-ethyl adjacent to an activating group) is 1. The van der Waals surface area contributed by atoms with Crippen LogP contribution in [0.1, 0.15) is 6.42 Å². The van der Waals surface area contributed by atoms with Crippen LogP contribution in [0.5, 0.6) is 0 Å². The van der Waals surface area contributed by atoms with Crippen molar-refractivity contribution in [2.45, 2.75) is 12.5 Å². The Morgan fingerprint density at radius 2 is 1.88 bits per heavy atom. The number of nitrogens with zero attached hydrogens (tertiary/aromatic N) is 2. The molecular formula is C8H17N2O3Si4. The van der Waals surface area contributed by atoms with Crippen LogP contribution in [-0.2, 0) is 12.3 Å². The Labute approximate surface area is 115 Å². The lowest BCUT2D eigenvalue weighted by atomic mass is 10.3. The Morgan fingerprint density at radius 1 is 1.12 bits per heavy atom. The van der Waals surface area contributed by atoms with Crippen LogP contribution in [0.3, 0.4) is 0 Å². The van der Waals surface area contributed by atoms with E-state index in [4.69, 9.17) is 8.23 Å². The predicted molar refractivity (Wildman–Crippen MR) is 69.6 cm³/mol. The first-order chi connectivity index (χ1) is 8.33. The van der Waals surface area contributed by atoms with Gasteiger partial charge in [-0.25, -0.2) is 0 Å². The van der Waals surface area contributed by atoms with E-state index in [2.05, 4.69) is 31.4 Å². The second kappa shape index (κ2) is 10.6. The summed E-state index contributed by atoms with van der Waals surface area (Å²) in [6.45, 7) is 5.99. The van der Waals surface area contributed by atoms with Crippen molar-refractivity contribution in [1.82, 2.24) is 9.80 Å². The van der Waals surface area contributed by atoms with E-state index in [0.29, 0.717) is 9.76 Å². The van der Waals surface area contributed by atoms with Crippen molar-refractivity contribution in [1.29, 1.82) is 0 Å². The zero-order valence-corrected chi connectivity index (χ0v) is 14.1. The molecule has 17 heavy (non-hydrogen) atoms. The molecule has 0 bridgehead atoms. The zero-order valence-electron chi connectivity index (χ0n) is 10.1. The highest BCUT2D eigenvalue weighted by Crippen LogP contribution is 2.01. The van der Waals surface area contributed by atoms with Crippen LogP contribution in [0.25, 0.3) is 0 Å². The number of rotatable bonds is 9. The molecule has 0 atom stereocenters. The summed E-state index contributed by atoms with van der Waals surface area (Å²) >= 11 is 0. The first kappa shape index (κ1) is 15.7. The van der Waals surface area contributed by atoms with Gasteiger partial charge in [-0.15, -0.1) is 0 Å². The molecule has 1 heterocycles. The van der Waals surface area contributed by atoms with E-state index >= 15 is 0 Å². The molecule has 1 saturated heterocycles. The maximum atomic E-state index is 5.35. The fraction of sp³-hybridized carbons (Fsp3) is 1.00. The molecule has 5 nitrogen and oxygen atoms in total. The van der Waals surface area contributed by atoms with Crippen LogP contribution in [0.2, 0.25) is 6.04 Å². The molecule has 1 fully saturated rings. The first-order valence-electron chi connectivity index (χ1n) is 5.61. The number of hydrogen-bond acceptors (Lipinski definition) is 5. The van der Waals surface area contributed by atoms with Gasteiger partial charge in [-0.05, 0) is 26.1 Å². The van der Waals surface area contributed by atoms with Gasteiger partial charge in [0.25, 0.3) is 0 Å². The highest BCUT2D eigenvalue weighted by atomic mass is 28.4. The lowest BCUT2D eigenvalue weighted by Crippen LogP contribution is -2.44. The monoisotopic (exact) mass is 301 g/mol. The summed E-state index contributed by atoms with van der Waals surface area (Å²) in [4.78, 5) is 4.91. The summed E-state index contributed by atoms with van der Waals surface area (Å²) in [5.74, 6) is 0. The first-order valence-corrected chi connectivity index (χ1v) is 8.76. The van der Waals surface area contributed by atoms with Gasteiger partial charge in [0, 0.05) is 26.2 Å². The van der Waals surface area contributed by atoms with Gasteiger partial charge in [0.05, 0.1) is 0 Å². The average molecular weight is 302 g/mol. The third-order valence-electron chi connectivity index (χ3n) is 2.59. The summed E-state index contributed by atoms with van der Waals surface area (Å²) in [6, 6.07) is 1.13. The normalized spacial score (nSPS) is 18.7. The van der Waals surface area contributed by atoms with Crippen LogP contribution >= 0.6 is 0 Å². The molecule has 0 aromatic rings. The largest absolute Gasteiger partial charge is 0.435 e. The molecule has 1 rings (SSSR count). The van der Waals surface area contributed by atoms with Gasteiger partial charge in [-0.1, -0.05) is 0 Å². The fourth-order valence-electron chi connectivity index (χ4n) is 1.59. The van der Waals surface area contributed by atoms with Crippen molar-refractivity contribution >= 4 is 40.3 Å². The van der Waals surface area contributed by atoms with Gasteiger partial charge < -0.3 is 22.1 Å². The second-order valence-electron chi connectivity index (χ2n) is 3.87. The average Bonchev–Trinajstić information content (AvgIpc) is 2.35. The molecule has 1 aliphatic rings. The van der Waals surface area contributed by atoms with Crippen molar-refractivity contribution in [3.05, 3.63) is 0 Å². The number of hydrogen-bond donors (Lipinski definition) is 0. The fourth-order valence-corrected chi connectivity index (χ4v) is 3.75. The summed E-state index contributed by atoms with van der Waals surface area (Å²) in [6.07, 6.45) is 1.21.